The normalized spacial score (nSPS) is 19.0. The number of hydrogen-bond donors (Lipinski definition) is 0. The number of aryl methyl sites for hydroxylation is 1. The Kier molecular flexibility index (Phi) is 5.79. The second-order valence-electron chi connectivity index (χ2n) is 7.34. The van der Waals surface area contributed by atoms with E-state index in [1.807, 2.05) is 35.8 Å². The Morgan fingerprint density at radius 2 is 2.00 bits per heavy atom. The van der Waals surface area contributed by atoms with E-state index in [0.717, 1.165) is 0 Å². The Labute approximate surface area is 164 Å². The van der Waals surface area contributed by atoms with Gasteiger partial charge in [-0.3, -0.25) is 9.59 Å². The molecule has 0 radical (unpaired) electrons. The number of carbonyl (C=O) groups is 2. The van der Waals surface area contributed by atoms with Crippen molar-refractivity contribution in [3.05, 3.63) is 29.7 Å². The van der Waals surface area contributed by atoms with Crippen LogP contribution in [0.15, 0.2) is 22.6 Å². The largest absolute Gasteiger partial charge is 0.441 e. The quantitative estimate of drug-likeness (QED) is 0.802. The van der Waals surface area contributed by atoms with Gasteiger partial charge in [0.15, 0.2) is 11.5 Å². The molecule has 0 saturated carbocycles. The minimum atomic E-state index is -0.0636. The Balaban J connectivity index is 1.72. The Morgan fingerprint density at radius 1 is 1.26 bits per heavy atom. The Bertz CT molecular complexity index is 848. The van der Waals surface area contributed by atoms with E-state index in [2.05, 4.69) is 18.8 Å². The number of thioether (sulfide) groups is 1. The second kappa shape index (κ2) is 7.92. The Hall–Kier alpha value is -2.02. The standard InChI is InChI=1S/C20H27N3O3S/c1-12(2)27-14(4)19(24)22-9-10-23(13(3)11-22)20(25)16-7-6-8-17-18(16)21-15(5)26-17/h6-8,12-14H,9-11H2,1-5H3/t13-,14?/m1/s1. The van der Waals surface area contributed by atoms with Crippen LogP contribution in [0.25, 0.3) is 11.1 Å². The van der Waals surface area contributed by atoms with Gasteiger partial charge < -0.3 is 14.2 Å². The van der Waals surface area contributed by atoms with Gasteiger partial charge in [0.25, 0.3) is 5.91 Å². The van der Waals surface area contributed by atoms with Crippen molar-refractivity contribution in [3.63, 3.8) is 0 Å². The molecule has 1 fully saturated rings. The van der Waals surface area contributed by atoms with Gasteiger partial charge in [0.05, 0.1) is 10.8 Å². The molecule has 0 bridgehead atoms. The van der Waals surface area contributed by atoms with Crippen LogP contribution in [0.5, 0.6) is 0 Å². The van der Waals surface area contributed by atoms with E-state index in [0.29, 0.717) is 47.4 Å². The van der Waals surface area contributed by atoms with Crippen molar-refractivity contribution in [2.45, 2.75) is 51.2 Å². The predicted octanol–water partition coefficient (Wildman–Crippen LogP) is 3.34. The molecule has 6 nitrogen and oxygen atoms in total. The van der Waals surface area contributed by atoms with E-state index in [1.165, 1.54) is 0 Å². The van der Waals surface area contributed by atoms with Crippen molar-refractivity contribution >= 4 is 34.7 Å². The summed E-state index contributed by atoms with van der Waals surface area (Å²) in [5.74, 6) is 0.644. The van der Waals surface area contributed by atoms with Crippen LogP contribution in [0.1, 0.15) is 43.9 Å². The van der Waals surface area contributed by atoms with Crippen LogP contribution in [0.2, 0.25) is 0 Å². The third-order valence-electron chi connectivity index (χ3n) is 4.78. The monoisotopic (exact) mass is 389 g/mol. The number of para-hydroxylation sites is 1. The maximum absolute atomic E-state index is 13.1. The van der Waals surface area contributed by atoms with Gasteiger partial charge in [0.1, 0.15) is 5.52 Å². The maximum Gasteiger partial charge on any atom is 0.256 e. The van der Waals surface area contributed by atoms with E-state index in [1.54, 1.807) is 24.8 Å². The fourth-order valence-electron chi connectivity index (χ4n) is 3.57. The molecule has 1 saturated heterocycles. The van der Waals surface area contributed by atoms with Crippen molar-refractivity contribution in [1.29, 1.82) is 0 Å². The zero-order valence-electron chi connectivity index (χ0n) is 16.6. The number of fused-ring (bicyclic) bond motifs is 1. The van der Waals surface area contributed by atoms with E-state index < -0.39 is 0 Å². The molecular weight excluding hydrogens is 362 g/mol. The molecule has 27 heavy (non-hydrogen) atoms. The van der Waals surface area contributed by atoms with Crippen molar-refractivity contribution < 1.29 is 14.0 Å². The van der Waals surface area contributed by atoms with Crippen LogP contribution in [0, 0.1) is 6.92 Å². The number of amides is 2. The smallest absolute Gasteiger partial charge is 0.256 e. The molecule has 0 aliphatic carbocycles. The van der Waals surface area contributed by atoms with Crippen LogP contribution in [-0.2, 0) is 4.79 Å². The number of piperazine rings is 1. The summed E-state index contributed by atoms with van der Waals surface area (Å²) in [5.41, 5.74) is 1.78. The summed E-state index contributed by atoms with van der Waals surface area (Å²) in [5, 5.41) is 0.349. The number of oxazole rings is 1. The number of hydrogen-bond acceptors (Lipinski definition) is 5. The molecule has 1 aliphatic rings. The minimum Gasteiger partial charge on any atom is -0.441 e. The number of rotatable bonds is 4. The zero-order chi connectivity index (χ0) is 19.7. The number of carbonyl (C=O) groups excluding carboxylic acids is 2. The topological polar surface area (TPSA) is 66.7 Å². The summed E-state index contributed by atoms with van der Waals surface area (Å²) >= 11 is 1.67. The Morgan fingerprint density at radius 3 is 2.67 bits per heavy atom. The molecule has 2 aromatic rings. The number of nitrogens with zero attached hydrogens (tertiary/aromatic N) is 3. The first-order valence-corrected chi connectivity index (χ1v) is 10.3. The summed E-state index contributed by atoms with van der Waals surface area (Å²) in [4.78, 5) is 33.9. The first-order chi connectivity index (χ1) is 12.8. The summed E-state index contributed by atoms with van der Waals surface area (Å²) in [7, 11) is 0. The molecule has 1 unspecified atom stereocenters. The van der Waals surface area contributed by atoms with Gasteiger partial charge in [-0.05, 0) is 31.2 Å². The van der Waals surface area contributed by atoms with Crippen molar-refractivity contribution in [1.82, 2.24) is 14.8 Å². The summed E-state index contributed by atoms with van der Waals surface area (Å²) in [6.07, 6.45) is 0. The minimum absolute atomic E-state index is 0.0466. The van der Waals surface area contributed by atoms with Gasteiger partial charge in [-0.25, -0.2) is 4.98 Å². The van der Waals surface area contributed by atoms with Gasteiger partial charge in [-0.1, -0.05) is 19.9 Å². The number of benzene rings is 1. The van der Waals surface area contributed by atoms with E-state index in [4.69, 9.17) is 4.42 Å². The lowest BCUT2D eigenvalue weighted by molar-refractivity contribution is -0.132. The van der Waals surface area contributed by atoms with E-state index in [-0.39, 0.29) is 23.1 Å². The highest BCUT2D eigenvalue weighted by Crippen LogP contribution is 2.24. The highest BCUT2D eigenvalue weighted by Gasteiger charge is 2.33. The summed E-state index contributed by atoms with van der Waals surface area (Å²) in [6.45, 7) is 11.6. The number of aromatic nitrogens is 1. The molecule has 1 aromatic heterocycles. The van der Waals surface area contributed by atoms with Crippen molar-refractivity contribution in [3.8, 4) is 0 Å². The lowest BCUT2D eigenvalue weighted by Gasteiger charge is -2.40. The van der Waals surface area contributed by atoms with Gasteiger partial charge in [-0.15, -0.1) is 11.8 Å². The maximum atomic E-state index is 13.1. The highest BCUT2D eigenvalue weighted by molar-refractivity contribution is 8.01. The molecule has 2 atom stereocenters. The third-order valence-corrected chi connectivity index (χ3v) is 5.93. The lowest BCUT2D eigenvalue weighted by Crippen LogP contribution is -2.56. The third kappa shape index (κ3) is 4.13. The molecule has 7 heteroatoms. The molecule has 0 N–H and O–H groups in total. The van der Waals surface area contributed by atoms with Gasteiger partial charge in [-0.2, -0.15) is 0 Å². The van der Waals surface area contributed by atoms with Gasteiger partial charge >= 0.3 is 0 Å². The molecule has 146 valence electrons. The molecule has 2 amide bonds. The van der Waals surface area contributed by atoms with Crippen LogP contribution in [0.4, 0.5) is 0 Å². The zero-order valence-corrected chi connectivity index (χ0v) is 17.4. The van der Waals surface area contributed by atoms with Crippen molar-refractivity contribution in [2.75, 3.05) is 19.6 Å². The van der Waals surface area contributed by atoms with Crippen LogP contribution < -0.4 is 0 Å². The predicted molar refractivity (Wildman–Crippen MR) is 108 cm³/mol. The van der Waals surface area contributed by atoms with Crippen LogP contribution >= 0.6 is 11.8 Å². The average Bonchev–Trinajstić information content (AvgIpc) is 2.99. The second-order valence-corrected chi connectivity index (χ2v) is 9.27. The molecule has 0 spiro atoms. The highest BCUT2D eigenvalue weighted by atomic mass is 32.2. The summed E-state index contributed by atoms with van der Waals surface area (Å²) < 4.78 is 5.54. The average molecular weight is 390 g/mol. The molecule has 3 rings (SSSR count). The van der Waals surface area contributed by atoms with Gasteiger partial charge in [0.2, 0.25) is 5.91 Å². The van der Waals surface area contributed by atoms with E-state index in [9.17, 15) is 9.59 Å². The SMILES string of the molecule is Cc1nc2c(C(=O)N3CCN(C(=O)C(C)SC(C)C)C[C@H]3C)cccc2o1. The van der Waals surface area contributed by atoms with Crippen LogP contribution in [-0.4, -0.2) is 62.8 Å². The first-order valence-electron chi connectivity index (χ1n) is 9.39. The molecular formula is C20H27N3O3S. The first kappa shape index (κ1) is 19.7. The molecule has 1 aliphatic heterocycles. The van der Waals surface area contributed by atoms with Gasteiger partial charge in [0, 0.05) is 32.6 Å². The van der Waals surface area contributed by atoms with Crippen LogP contribution in [0.3, 0.4) is 0 Å². The fraction of sp³-hybridized carbons (Fsp3) is 0.550. The lowest BCUT2D eigenvalue weighted by atomic mass is 10.1. The fourth-order valence-corrected chi connectivity index (χ4v) is 4.65. The molecule has 1 aromatic carbocycles. The van der Waals surface area contributed by atoms with E-state index >= 15 is 0 Å². The van der Waals surface area contributed by atoms with Crippen molar-refractivity contribution in [2.24, 2.45) is 0 Å². The molecule has 2 heterocycles. The summed E-state index contributed by atoms with van der Waals surface area (Å²) in [6, 6.07) is 5.38.